The number of rotatable bonds is 17. The lowest BCUT2D eigenvalue weighted by molar-refractivity contribution is 0.267. The van der Waals surface area contributed by atoms with Gasteiger partial charge in [0.05, 0.1) is 13.7 Å². The Morgan fingerprint density at radius 3 is 1.45 bits per heavy atom. The summed E-state index contributed by atoms with van der Waals surface area (Å²) < 4.78 is 16.4. The molecule has 0 amide bonds. The van der Waals surface area contributed by atoms with Crippen LogP contribution in [0, 0.1) is 136 Å². The van der Waals surface area contributed by atoms with Crippen LogP contribution < -0.4 is 9.47 Å². The molecule has 0 aliphatic carbocycles. The van der Waals surface area contributed by atoms with Gasteiger partial charge in [-0.25, -0.2) is 0 Å². The number of methoxy groups -OCH3 is 1. The van der Waals surface area contributed by atoms with Crippen LogP contribution in [0.25, 0.3) is 0 Å². The Morgan fingerprint density at radius 1 is 0.574 bits per heavy atom. The molecule has 0 fully saturated rings. The molecule has 0 saturated carbocycles. The predicted molar refractivity (Wildman–Crippen MR) is 187 cm³/mol. The first kappa shape index (κ1) is 38.4. The maximum atomic E-state index is 10.5. The number of terminal acetylenes is 1. The summed E-state index contributed by atoms with van der Waals surface area (Å²) in [6.45, 7) is 1.36. The normalized spacial score (nSPS) is 7.57. The largest absolute Gasteiger partial charge is 0.496 e. The average Bonchev–Trinajstić information content (AvgIpc) is 3.09. The lowest BCUT2D eigenvalue weighted by Gasteiger charge is -2.10. The van der Waals surface area contributed by atoms with Gasteiger partial charge in [-0.1, -0.05) is 56.5 Å². The minimum Gasteiger partial charge on any atom is -0.496 e. The third-order valence-electron chi connectivity index (χ3n) is 5.72. The van der Waals surface area contributed by atoms with Crippen LogP contribution in [0.15, 0.2) is 23.4 Å². The molecule has 47 heavy (non-hydrogen) atoms. The number of nitrogens with zero attached hydrogens (tertiary/aromatic N) is 1. The molecule has 5 heteroatoms. The Labute approximate surface area is 281 Å². The summed E-state index contributed by atoms with van der Waals surface area (Å²) in [6.07, 6.45) is 19.2. The smallest absolute Gasteiger partial charge is 0.127 e. The van der Waals surface area contributed by atoms with E-state index in [-0.39, 0.29) is 6.54 Å². The summed E-state index contributed by atoms with van der Waals surface area (Å²) >= 11 is 0. The molecule has 0 spiro atoms. The van der Waals surface area contributed by atoms with Crippen LogP contribution in [-0.4, -0.2) is 20.3 Å². The van der Waals surface area contributed by atoms with Crippen LogP contribution in [0.5, 0.6) is 11.5 Å². The fraction of sp³-hybridized carbons (Fsp3) is 0.333. The van der Waals surface area contributed by atoms with Crippen molar-refractivity contribution < 1.29 is 14.2 Å². The van der Waals surface area contributed by atoms with Gasteiger partial charge in [-0.2, -0.15) is 4.91 Å². The highest BCUT2D eigenvalue weighted by Gasteiger charge is 2.05. The summed E-state index contributed by atoms with van der Waals surface area (Å²) in [5.41, 5.74) is 0.761. The molecule has 0 N–H and O–H groups in total. The Bertz CT molecular complexity index is 1850. The molecule has 5 nitrogen and oxygen atoms in total. The summed E-state index contributed by atoms with van der Waals surface area (Å²) in [5, 5.41) is 2.92. The molecule has 0 unspecified atom stereocenters. The second-order valence-corrected chi connectivity index (χ2v) is 9.11. The molecular formula is C42H33NO4. The van der Waals surface area contributed by atoms with Gasteiger partial charge in [0.15, 0.2) is 0 Å². The van der Waals surface area contributed by atoms with Crippen LogP contribution in [0.1, 0.15) is 69.8 Å². The minimum atomic E-state index is 0.0948. The van der Waals surface area contributed by atoms with Crippen LogP contribution >= 0.6 is 0 Å². The van der Waals surface area contributed by atoms with Gasteiger partial charge >= 0.3 is 0 Å². The summed E-state index contributed by atoms with van der Waals surface area (Å²) in [6, 6.07) is 5.48. The van der Waals surface area contributed by atoms with Gasteiger partial charge in [0, 0.05) is 82.7 Å². The van der Waals surface area contributed by atoms with Crippen LogP contribution in [0.4, 0.5) is 0 Å². The van der Waals surface area contributed by atoms with E-state index in [2.05, 4.69) is 130 Å². The van der Waals surface area contributed by atoms with Crippen molar-refractivity contribution >= 4 is 0 Å². The number of ether oxygens (including phenoxy) is 3. The van der Waals surface area contributed by atoms with Crippen molar-refractivity contribution in [3.63, 3.8) is 0 Å². The highest BCUT2D eigenvalue weighted by atomic mass is 16.5. The van der Waals surface area contributed by atoms with Crippen LogP contribution in [0.3, 0.4) is 0 Å². The molecule has 1 aromatic carbocycles. The maximum Gasteiger partial charge on any atom is 0.127 e. The van der Waals surface area contributed by atoms with E-state index in [9.17, 15) is 4.91 Å². The van der Waals surface area contributed by atoms with E-state index in [1.807, 2.05) is 18.2 Å². The van der Waals surface area contributed by atoms with E-state index in [0.717, 1.165) is 37.0 Å². The highest BCUT2D eigenvalue weighted by Crippen LogP contribution is 2.25. The SMILES string of the molecule is C#CC#CC#CC#CC#CC#CC#CC#CC#CC#CC#COCCCCCCCCCCCCOc1ccc(CN=O)c(OC)c1. The molecule has 0 aliphatic rings. The van der Waals surface area contributed by atoms with Gasteiger partial charge in [-0.15, -0.1) is 6.42 Å². The molecule has 0 saturated heterocycles. The van der Waals surface area contributed by atoms with Crippen molar-refractivity contribution in [2.45, 2.75) is 70.8 Å². The maximum absolute atomic E-state index is 10.5. The van der Waals surface area contributed by atoms with Crippen molar-refractivity contribution in [1.29, 1.82) is 0 Å². The zero-order chi connectivity index (χ0) is 33.7. The first-order chi connectivity index (χ1) is 23.3. The zero-order valence-electron chi connectivity index (χ0n) is 26.6. The number of hydrogen-bond donors (Lipinski definition) is 0. The van der Waals surface area contributed by atoms with Crippen molar-refractivity contribution in [2.75, 3.05) is 20.3 Å². The number of unbranched alkanes of at least 4 members (excludes halogenated alkanes) is 9. The van der Waals surface area contributed by atoms with Crippen LogP contribution in [-0.2, 0) is 11.3 Å². The number of hydrogen-bond acceptors (Lipinski definition) is 5. The minimum absolute atomic E-state index is 0.0948. The fourth-order valence-electron chi connectivity index (χ4n) is 3.58. The molecular weight excluding hydrogens is 582 g/mol. The quantitative estimate of drug-likeness (QED) is 0.125. The summed E-state index contributed by atoms with van der Waals surface area (Å²) in [5.74, 6) is 51.3. The second kappa shape index (κ2) is 30.8. The Balaban J connectivity index is 2.01. The van der Waals surface area contributed by atoms with E-state index in [1.54, 1.807) is 7.11 Å². The molecule has 230 valence electrons. The Kier molecular flexibility index (Phi) is 25.2. The average molecular weight is 616 g/mol. The van der Waals surface area contributed by atoms with Crippen molar-refractivity contribution in [1.82, 2.24) is 0 Å². The molecule has 0 bridgehead atoms. The third kappa shape index (κ3) is 24.5. The summed E-state index contributed by atoms with van der Waals surface area (Å²) in [4.78, 5) is 10.5. The third-order valence-corrected chi connectivity index (χ3v) is 5.72. The van der Waals surface area contributed by atoms with E-state index < -0.39 is 0 Å². The van der Waals surface area contributed by atoms with Gasteiger partial charge in [0.2, 0.25) is 0 Å². The van der Waals surface area contributed by atoms with Gasteiger partial charge in [0.1, 0.15) is 30.8 Å². The van der Waals surface area contributed by atoms with E-state index >= 15 is 0 Å². The first-order valence-electron chi connectivity index (χ1n) is 15.0. The number of nitroso groups, excluding NO2 is 1. The lowest BCUT2D eigenvalue weighted by Crippen LogP contribution is -1.99. The van der Waals surface area contributed by atoms with Crippen molar-refractivity contribution in [3.8, 4) is 142 Å². The highest BCUT2D eigenvalue weighted by molar-refractivity contribution is 5.47. The Morgan fingerprint density at radius 2 is 1.00 bits per heavy atom. The predicted octanol–water partition coefficient (Wildman–Crippen LogP) is 5.88. The number of benzene rings is 1. The molecule has 1 aromatic rings. The van der Waals surface area contributed by atoms with Crippen molar-refractivity contribution in [2.24, 2.45) is 5.18 Å². The Hall–Kier alpha value is -6.62. The van der Waals surface area contributed by atoms with E-state index in [1.165, 1.54) is 38.5 Å². The molecule has 0 radical (unpaired) electrons. The molecule has 0 aromatic heterocycles. The van der Waals surface area contributed by atoms with E-state index in [0.29, 0.717) is 19.0 Å². The van der Waals surface area contributed by atoms with Crippen molar-refractivity contribution in [3.05, 3.63) is 28.7 Å². The van der Waals surface area contributed by atoms with Gasteiger partial charge < -0.3 is 14.2 Å². The first-order valence-corrected chi connectivity index (χ1v) is 15.0. The standard InChI is InChI=1S/C42H33NO4/c1-3-4-5-6-7-8-9-10-11-12-13-14-15-16-17-18-21-24-27-30-35-46-36-31-28-25-22-19-20-23-26-29-32-37-47-41-34-33-40(39-43-44)42(38-41)45-2/h1,33-34,38H,19-20,22-23,25-26,28-29,31-32,36-37,39H2,2H3. The topological polar surface area (TPSA) is 57.1 Å². The van der Waals surface area contributed by atoms with Gasteiger partial charge in [-0.3, -0.25) is 0 Å². The molecule has 1 rings (SSSR count). The van der Waals surface area contributed by atoms with Gasteiger partial charge in [0.25, 0.3) is 0 Å². The molecule has 0 heterocycles. The monoisotopic (exact) mass is 615 g/mol. The van der Waals surface area contributed by atoms with Crippen LogP contribution in [0.2, 0.25) is 0 Å². The van der Waals surface area contributed by atoms with Gasteiger partial charge in [-0.05, 0) is 72.3 Å². The molecule has 0 aliphatic heterocycles. The van der Waals surface area contributed by atoms with E-state index in [4.69, 9.17) is 20.6 Å². The summed E-state index contributed by atoms with van der Waals surface area (Å²) in [7, 11) is 1.58. The zero-order valence-corrected chi connectivity index (χ0v) is 26.6. The second-order valence-electron chi connectivity index (χ2n) is 9.11. The molecule has 0 atom stereocenters. The lowest BCUT2D eigenvalue weighted by atomic mass is 10.1. The fourth-order valence-corrected chi connectivity index (χ4v) is 3.58.